The largest absolute Gasteiger partial charge is 0.462 e. The molecule has 1 unspecified atom stereocenters. The first-order valence-electron chi connectivity index (χ1n) is 20.8. The van der Waals surface area contributed by atoms with E-state index in [1.54, 1.807) is 6.07 Å². The molecule has 1 amide bonds. The van der Waals surface area contributed by atoms with Crippen LogP contribution >= 0.6 is 34.9 Å². The Morgan fingerprint density at radius 1 is 0.917 bits per heavy atom. The highest BCUT2D eigenvalue weighted by Gasteiger charge is 2.54. The van der Waals surface area contributed by atoms with Crippen molar-refractivity contribution in [2.24, 2.45) is 5.92 Å². The smallest absolute Gasteiger partial charge is 0.355 e. The summed E-state index contributed by atoms with van der Waals surface area (Å²) in [6, 6.07) is 6.79. The standard InChI is InChI=1S/C43H51FN4O9S3/c1-26-47-34-23-35(46-15-13-45-14-16-46)33(44)22-31(34)38(51)36(41(47)60-26)42(53)55-17-9-7-5-3-4-6-8-10-18-56-43(54)37-28(24-57-27(2)49)25-59-40-32(39(52)48(37)40)21-29(50)20-30-12-11-19-58-30/h11-12,19,22-23,26,32,40,45H,3-10,13-18,20-21,24-25H2,1-2H3/t26?,32-,40-/m0/s1. The number of fused-ring (bicyclic) bond motifs is 4. The van der Waals surface area contributed by atoms with Crippen LogP contribution in [-0.4, -0.2) is 96.2 Å². The third-order valence-corrected chi connectivity index (χ3v) is 14.7. The summed E-state index contributed by atoms with van der Waals surface area (Å²) in [4.78, 5) is 82.0. The first-order chi connectivity index (χ1) is 29.0. The van der Waals surface area contributed by atoms with Gasteiger partial charge in [-0.05, 0) is 43.3 Å². The first kappa shape index (κ1) is 43.9. The molecule has 0 spiro atoms. The fraction of sp³-hybridized carbons (Fsp3) is 0.535. The van der Waals surface area contributed by atoms with Gasteiger partial charge in [0.05, 0.1) is 46.1 Å². The molecule has 0 saturated carbocycles. The Labute approximate surface area is 360 Å². The number of benzene rings is 1. The minimum Gasteiger partial charge on any atom is -0.462 e. The van der Waals surface area contributed by atoms with E-state index in [1.165, 1.54) is 52.8 Å². The van der Waals surface area contributed by atoms with Crippen molar-refractivity contribution in [3.05, 3.63) is 67.4 Å². The molecule has 0 radical (unpaired) electrons. The molecular weight excluding hydrogens is 832 g/mol. The van der Waals surface area contributed by atoms with Gasteiger partial charge < -0.3 is 29.0 Å². The van der Waals surface area contributed by atoms with Crippen LogP contribution in [0, 0.1) is 11.7 Å². The van der Waals surface area contributed by atoms with Crippen LogP contribution < -0.4 is 15.6 Å². The minimum atomic E-state index is -0.672. The van der Waals surface area contributed by atoms with Gasteiger partial charge in [-0.1, -0.05) is 56.4 Å². The number of aromatic nitrogens is 1. The number of hydrogen-bond donors (Lipinski definition) is 1. The maximum Gasteiger partial charge on any atom is 0.355 e. The second kappa shape index (κ2) is 20.1. The normalized spacial score (nSPS) is 19.6. The summed E-state index contributed by atoms with van der Waals surface area (Å²) in [5.74, 6) is -2.70. The molecule has 17 heteroatoms. The van der Waals surface area contributed by atoms with Gasteiger partial charge in [-0.3, -0.25) is 24.1 Å². The fourth-order valence-electron chi connectivity index (χ4n) is 8.13. The van der Waals surface area contributed by atoms with Crippen LogP contribution in [0.15, 0.2) is 50.7 Å². The maximum absolute atomic E-state index is 15.3. The highest BCUT2D eigenvalue weighted by atomic mass is 32.2. The van der Waals surface area contributed by atoms with E-state index in [0.717, 1.165) is 56.5 Å². The van der Waals surface area contributed by atoms with Crippen molar-refractivity contribution in [1.29, 1.82) is 0 Å². The number of β-lactam (4-membered cyclic amide) rings is 1. The van der Waals surface area contributed by atoms with Crippen LogP contribution in [-0.2, 0) is 39.8 Å². The maximum atomic E-state index is 15.3. The van der Waals surface area contributed by atoms with Crippen molar-refractivity contribution in [1.82, 2.24) is 14.8 Å². The Morgan fingerprint density at radius 3 is 2.25 bits per heavy atom. The number of halogens is 1. The zero-order valence-corrected chi connectivity index (χ0v) is 36.4. The third-order valence-electron chi connectivity index (χ3n) is 11.2. The van der Waals surface area contributed by atoms with Crippen LogP contribution in [0.4, 0.5) is 10.1 Å². The van der Waals surface area contributed by atoms with Crippen LogP contribution in [0.3, 0.4) is 0 Å². The van der Waals surface area contributed by atoms with E-state index in [2.05, 4.69) is 5.32 Å². The molecule has 4 aliphatic rings. The number of thiophene rings is 1. The van der Waals surface area contributed by atoms with Crippen molar-refractivity contribution >= 4 is 81.0 Å². The number of esters is 3. The number of carbonyl (C=O) groups excluding carboxylic acids is 5. The average Bonchev–Trinajstić information content (AvgIpc) is 3.75. The van der Waals surface area contributed by atoms with Gasteiger partial charge in [0.2, 0.25) is 11.3 Å². The minimum absolute atomic E-state index is 0.00184. The lowest BCUT2D eigenvalue weighted by Crippen LogP contribution is -2.62. The van der Waals surface area contributed by atoms with Gasteiger partial charge in [-0.15, -0.1) is 23.1 Å². The molecular formula is C43H51FN4O9S3. The molecule has 4 aliphatic heterocycles. The number of anilines is 1. The number of nitrogens with one attached hydrogen (secondary N) is 1. The van der Waals surface area contributed by atoms with Crippen LogP contribution in [0.5, 0.6) is 0 Å². The molecule has 1 aromatic carbocycles. The summed E-state index contributed by atoms with van der Waals surface area (Å²) in [5, 5.41) is 5.58. The Kier molecular flexibility index (Phi) is 14.7. The molecule has 13 nitrogen and oxygen atoms in total. The van der Waals surface area contributed by atoms with E-state index in [-0.39, 0.29) is 71.7 Å². The lowest BCUT2D eigenvalue weighted by atomic mass is 9.89. The lowest BCUT2D eigenvalue weighted by molar-refractivity contribution is -0.156. The molecule has 0 bridgehead atoms. The van der Waals surface area contributed by atoms with Crippen LogP contribution in [0.2, 0.25) is 0 Å². The number of thioether (sulfide) groups is 2. The summed E-state index contributed by atoms with van der Waals surface area (Å²) >= 11 is 4.40. The highest BCUT2D eigenvalue weighted by Crippen LogP contribution is 2.47. The number of ether oxygens (including phenoxy) is 3. The number of Topliss-reactive ketones (excluding diaryl/α,β-unsaturated/α-hetero) is 1. The number of amides is 1. The van der Waals surface area contributed by atoms with E-state index >= 15 is 4.39 Å². The number of pyridine rings is 1. The lowest BCUT2D eigenvalue weighted by Gasteiger charge is -2.49. The summed E-state index contributed by atoms with van der Waals surface area (Å²) in [5.41, 5.74) is 1.21. The monoisotopic (exact) mass is 882 g/mol. The number of hydrogen-bond acceptors (Lipinski definition) is 14. The Balaban J connectivity index is 0.803. The second-order valence-electron chi connectivity index (χ2n) is 15.5. The van der Waals surface area contributed by atoms with Gasteiger partial charge in [0.25, 0.3) is 0 Å². The number of carbonyl (C=O) groups is 5. The summed E-state index contributed by atoms with van der Waals surface area (Å²) < 4.78 is 33.6. The number of unbranched alkanes of at least 4 members (excludes halogenated alkanes) is 7. The Hall–Kier alpha value is -4.19. The highest BCUT2D eigenvalue weighted by molar-refractivity contribution is 8.00. The predicted molar refractivity (Wildman–Crippen MR) is 230 cm³/mol. The van der Waals surface area contributed by atoms with Crippen LogP contribution in [0.1, 0.15) is 92.2 Å². The number of piperazine rings is 1. The Morgan fingerprint density at radius 2 is 1.60 bits per heavy atom. The number of ketones is 1. The van der Waals surface area contributed by atoms with Gasteiger partial charge in [0.15, 0.2) is 0 Å². The van der Waals surface area contributed by atoms with Gasteiger partial charge in [0, 0.05) is 67.5 Å². The molecule has 3 atom stereocenters. The molecule has 6 heterocycles. The number of rotatable bonds is 20. The zero-order chi connectivity index (χ0) is 42.3. The molecule has 3 aromatic rings. The van der Waals surface area contributed by atoms with Crippen molar-refractivity contribution in [3.8, 4) is 0 Å². The molecule has 2 aromatic heterocycles. The van der Waals surface area contributed by atoms with E-state index in [0.29, 0.717) is 53.5 Å². The van der Waals surface area contributed by atoms with Crippen molar-refractivity contribution in [3.63, 3.8) is 0 Å². The first-order valence-corrected chi connectivity index (χ1v) is 23.6. The SMILES string of the molecule is CC(=O)OCC1=C(C(=O)OCCCCCCCCCCOC(=O)c2c3n(c4cc(N5CCNCC5)c(F)cc4c2=O)C(C)S3)N2C(=O)[C@H](CC(=O)Cc3cccs3)[C@@H]2SC1. The Bertz CT molecular complexity index is 2200. The van der Waals surface area contributed by atoms with Crippen molar-refractivity contribution in [2.45, 2.75) is 93.8 Å². The van der Waals surface area contributed by atoms with E-state index in [9.17, 15) is 28.8 Å². The van der Waals surface area contributed by atoms with Crippen molar-refractivity contribution in [2.75, 3.05) is 56.7 Å². The second-order valence-corrected chi connectivity index (χ2v) is 18.9. The molecule has 2 saturated heterocycles. The molecule has 2 fully saturated rings. The summed E-state index contributed by atoms with van der Waals surface area (Å²) in [6.45, 7) is 6.39. The van der Waals surface area contributed by atoms with Gasteiger partial charge in [0.1, 0.15) is 29.5 Å². The zero-order valence-electron chi connectivity index (χ0n) is 34.0. The van der Waals surface area contributed by atoms with Crippen LogP contribution in [0.25, 0.3) is 10.9 Å². The molecule has 60 heavy (non-hydrogen) atoms. The molecule has 0 aliphatic carbocycles. The fourth-order valence-corrected chi connectivity index (χ4v) is 11.4. The van der Waals surface area contributed by atoms with Gasteiger partial charge >= 0.3 is 17.9 Å². The summed E-state index contributed by atoms with van der Waals surface area (Å²) in [7, 11) is 0. The summed E-state index contributed by atoms with van der Waals surface area (Å²) in [6.07, 6.45) is 7.28. The topological polar surface area (TPSA) is 154 Å². The van der Waals surface area contributed by atoms with Gasteiger partial charge in [-0.25, -0.2) is 14.0 Å². The van der Waals surface area contributed by atoms with Gasteiger partial charge in [-0.2, -0.15) is 0 Å². The van der Waals surface area contributed by atoms with E-state index in [4.69, 9.17) is 14.2 Å². The van der Waals surface area contributed by atoms with Crippen molar-refractivity contribution < 1.29 is 42.6 Å². The predicted octanol–water partition coefficient (Wildman–Crippen LogP) is 6.61. The number of nitrogens with zero attached hydrogens (tertiary/aromatic N) is 3. The quantitative estimate of drug-likeness (QED) is 0.0562. The molecule has 322 valence electrons. The van der Waals surface area contributed by atoms with E-state index in [1.807, 2.05) is 33.9 Å². The molecule has 7 rings (SSSR count). The average molecular weight is 883 g/mol. The third kappa shape index (κ3) is 9.79. The van der Waals surface area contributed by atoms with E-state index < -0.39 is 35.1 Å². The molecule has 1 N–H and O–H groups in total.